The molecule has 0 aliphatic carbocycles. The number of carbonyl (C=O) groups excluding carboxylic acids is 1. The van der Waals surface area contributed by atoms with Crippen molar-refractivity contribution in [2.24, 2.45) is 0 Å². The first-order valence-corrected chi connectivity index (χ1v) is 10.7. The molecular formula is C24H20FN3O3S. The summed E-state index contributed by atoms with van der Waals surface area (Å²) < 4.78 is 25.9. The lowest BCUT2D eigenvalue weighted by Crippen LogP contribution is -2.07. The number of aromatic nitrogens is 3. The van der Waals surface area contributed by atoms with E-state index in [4.69, 9.17) is 9.47 Å². The number of Topliss-reactive ketones (excluding diaryl/α,β-unsaturated/α-hetero) is 1. The predicted molar refractivity (Wildman–Crippen MR) is 121 cm³/mol. The fourth-order valence-electron chi connectivity index (χ4n) is 3.20. The third-order valence-electron chi connectivity index (χ3n) is 4.79. The van der Waals surface area contributed by atoms with Gasteiger partial charge in [0.15, 0.2) is 16.8 Å². The van der Waals surface area contributed by atoms with Gasteiger partial charge in [0.2, 0.25) is 0 Å². The van der Waals surface area contributed by atoms with E-state index in [1.165, 1.54) is 31.0 Å². The van der Waals surface area contributed by atoms with Crippen LogP contribution in [-0.2, 0) is 0 Å². The Hall–Kier alpha value is -3.65. The monoisotopic (exact) mass is 449 g/mol. The van der Waals surface area contributed by atoms with Gasteiger partial charge in [0.1, 0.15) is 17.3 Å². The molecule has 0 saturated carbocycles. The molecule has 6 nitrogen and oxygen atoms in total. The van der Waals surface area contributed by atoms with Crippen LogP contribution >= 0.6 is 11.8 Å². The first-order chi connectivity index (χ1) is 15.6. The lowest BCUT2D eigenvalue weighted by Gasteiger charge is -2.11. The van der Waals surface area contributed by atoms with Crippen LogP contribution in [0.2, 0.25) is 0 Å². The van der Waals surface area contributed by atoms with Crippen molar-refractivity contribution in [3.63, 3.8) is 0 Å². The van der Waals surface area contributed by atoms with E-state index >= 15 is 0 Å². The number of rotatable bonds is 8. The molecule has 0 saturated heterocycles. The maximum Gasteiger partial charge on any atom is 0.196 e. The summed E-state index contributed by atoms with van der Waals surface area (Å²) in [6.45, 7) is 0. The average Bonchev–Trinajstić information content (AvgIpc) is 3.27. The molecule has 0 fully saturated rings. The highest BCUT2D eigenvalue weighted by molar-refractivity contribution is 7.99. The molecule has 1 aromatic heterocycles. The molecule has 32 heavy (non-hydrogen) atoms. The predicted octanol–water partition coefficient (Wildman–Crippen LogP) is 5.07. The minimum absolute atomic E-state index is 0.121. The minimum atomic E-state index is -0.334. The van der Waals surface area contributed by atoms with Crippen LogP contribution in [0, 0.1) is 5.82 Å². The van der Waals surface area contributed by atoms with E-state index < -0.39 is 0 Å². The molecule has 0 N–H and O–H groups in total. The van der Waals surface area contributed by atoms with Crippen LogP contribution in [-0.4, -0.2) is 40.5 Å². The number of hydrogen-bond acceptors (Lipinski definition) is 6. The van der Waals surface area contributed by atoms with Gasteiger partial charge in [-0.15, -0.1) is 10.2 Å². The zero-order chi connectivity index (χ0) is 22.5. The number of ether oxygens (including phenoxy) is 2. The number of nitrogens with zero attached hydrogens (tertiary/aromatic N) is 3. The highest BCUT2D eigenvalue weighted by Crippen LogP contribution is 2.30. The number of halogens is 1. The largest absolute Gasteiger partial charge is 0.497 e. The van der Waals surface area contributed by atoms with E-state index in [0.29, 0.717) is 33.7 Å². The average molecular weight is 450 g/mol. The van der Waals surface area contributed by atoms with Crippen molar-refractivity contribution >= 4 is 17.5 Å². The van der Waals surface area contributed by atoms with Gasteiger partial charge in [-0.2, -0.15) is 0 Å². The maximum atomic E-state index is 13.5. The molecule has 0 spiro atoms. The molecule has 0 atom stereocenters. The first-order valence-electron chi connectivity index (χ1n) is 9.75. The zero-order valence-corrected chi connectivity index (χ0v) is 18.3. The van der Waals surface area contributed by atoms with Crippen LogP contribution in [0.25, 0.3) is 17.1 Å². The van der Waals surface area contributed by atoms with Crippen molar-refractivity contribution in [1.82, 2.24) is 14.8 Å². The van der Waals surface area contributed by atoms with E-state index in [0.717, 1.165) is 5.56 Å². The van der Waals surface area contributed by atoms with Crippen molar-refractivity contribution in [2.75, 3.05) is 20.0 Å². The van der Waals surface area contributed by atoms with Crippen LogP contribution < -0.4 is 9.47 Å². The summed E-state index contributed by atoms with van der Waals surface area (Å²) in [6.07, 6.45) is 0. The van der Waals surface area contributed by atoms with Gasteiger partial charge < -0.3 is 9.47 Å². The van der Waals surface area contributed by atoms with Gasteiger partial charge in [0.05, 0.1) is 25.5 Å². The topological polar surface area (TPSA) is 66.2 Å². The van der Waals surface area contributed by atoms with E-state index in [9.17, 15) is 9.18 Å². The van der Waals surface area contributed by atoms with E-state index in [2.05, 4.69) is 10.2 Å². The molecule has 0 radical (unpaired) electrons. The Labute approximate surface area is 189 Å². The summed E-state index contributed by atoms with van der Waals surface area (Å²) in [6, 6.07) is 20.7. The molecule has 0 bridgehead atoms. The summed E-state index contributed by atoms with van der Waals surface area (Å²) >= 11 is 1.25. The van der Waals surface area contributed by atoms with Crippen LogP contribution in [0.3, 0.4) is 0 Å². The molecule has 4 rings (SSSR count). The third kappa shape index (κ3) is 4.50. The van der Waals surface area contributed by atoms with Crippen molar-refractivity contribution < 1.29 is 18.7 Å². The standard InChI is InChI=1S/C24H20FN3O3S/c1-30-19-12-13-20(22(14-19)31-2)21(29)15-32-24-27-26-23(16-6-4-3-5-7-16)28(24)18-10-8-17(25)9-11-18/h3-14H,15H2,1-2H3. The molecule has 4 aromatic rings. The first kappa shape index (κ1) is 21.6. The Morgan fingerprint density at radius 2 is 1.72 bits per heavy atom. The smallest absolute Gasteiger partial charge is 0.196 e. The fraction of sp³-hybridized carbons (Fsp3) is 0.125. The quantitative estimate of drug-likeness (QED) is 0.277. The number of carbonyl (C=O) groups is 1. The summed E-state index contributed by atoms with van der Waals surface area (Å²) in [7, 11) is 3.06. The molecule has 8 heteroatoms. The van der Waals surface area contributed by atoms with Gasteiger partial charge >= 0.3 is 0 Å². The van der Waals surface area contributed by atoms with Gasteiger partial charge in [-0.05, 0) is 36.4 Å². The summed E-state index contributed by atoms with van der Waals surface area (Å²) in [5.41, 5.74) is 2.02. The lowest BCUT2D eigenvalue weighted by atomic mass is 10.1. The minimum Gasteiger partial charge on any atom is -0.497 e. The number of ketones is 1. The van der Waals surface area contributed by atoms with Crippen molar-refractivity contribution in [2.45, 2.75) is 5.16 Å². The molecule has 0 aliphatic rings. The lowest BCUT2D eigenvalue weighted by molar-refractivity contribution is 0.101. The number of methoxy groups -OCH3 is 2. The van der Waals surface area contributed by atoms with Gasteiger partial charge in [-0.25, -0.2) is 4.39 Å². The molecule has 0 aliphatic heterocycles. The van der Waals surface area contributed by atoms with Crippen molar-refractivity contribution in [3.8, 4) is 28.6 Å². The molecule has 1 heterocycles. The Morgan fingerprint density at radius 3 is 2.41 bits per heavy atom. The molecule has 0 amide bonds. The van der Waals surface area contributed by atoms with Crippen molar-refractivity contribution in [1.29, 1.82) is 0 Å². The summed E-state index contributed by atoms with van der Waals surface area (Å²) in [4.78, 5) is 12.9. The van der Waals surface area contributed by atoms with E-state index in [1.807, 2.05) is 34.9 Å². The molecule has 162 valence electrons. The summed E-state index contributed by atoms with van der Waals surface area (Å²) in [5, 5.41) is 9.17. The Kier molecular flexibility index (Phi) is 6.51. The molecule has 0 unspecified atom stereocenters. The third-order valence-corrected chi connectivity index (χ3v) is 5.72. The highest BCUT2D eigenvalue weighted by atomic mass is 32.2. The van der Waals surface area contributed by atoms with Gasteiger partial charge in [-0.3, -0.25) is 9.36 Å². The van der Waals surface area contributed by atoms with Gasteiger partial charge in [0, 0.05) is 17.3 Å². The number of thioether (sulfide) groups is 1. The van der Waals surface area contributed by atoms with Crippen molar-refractivity contribution in [3.05, 3.63) is 84.2 Å². The van der Waals surface area contributed by atoms with Crippen LogP contribution in [0.1, 0.15) is 10.4 Å². The van der Waals surface area contributed by atoms with E-state index in [-0.39, 0.29) is 17.4 Å². The molecule has 3 aromatic carbocycles. The van der Waals surface area contributed by atoms with E-state index in [1.54, 1.807) is 37.4 Å². The Bertz CT molecular complexity index is 1230. The normalized spacial score (nSPS) is 10.7. The second-order valence-corrected chi connectivity index (χ2v) is 7.70. The summed E-state index contributed by atoms with van der Waals surface area (Å²) in [5.74, 6) is 1.32. The molecular weight excluding hydrogens is 429 g/mol. The Balaban J connectivity index is 1.65. The highest BCUT2D eigenvalue weighted by Gasteiger charge is 2.19. The number of benzene rings is 3. The van der Waals surface area contributed by atoms with Crippen LogP contribution in [0.5, 0.6) is 11.5 Å². The second kappa shape index (κ2) is 9.65. The zero-order valence-electron chi connectivity index (χ0n) is 17.5. The Morgan fingerprint density at radius 1 is 0.969 bits per heavy atom. The van der Waals surface area contributed by atoms with Gasteiger partial charge in [0.25, 0.3) is 0 Å². The fourth-order valence-corrected chi connectivity index (χ4v) is 4.03. The van der Waals surface area contributed by atoms with Gasteiger partial charge in [-0.1, -0.05) is 42.1 Å². The maximum absolute atomic E-state index is 13.5. The van der Waals surface area contributed by atoms with Crippen LogP contribution in [0.15, 0.2) is 78.0 Å². The SMILES string of the molecule is COc1ccc(C(=O)CSc2nnc(-c3ccccc3)n2-c2ccc(F)cc2)c(OC)c1. The van der Waals surface area contributed by atoms with Crippen LogP contribution in [0.4, 0.5) is 4.39 Å². The number of hydrogen-bond donors (Lipinski definition) is 0. The second-order valence-electron chi connectivity index (χ2n) is 6.76.